The molecule has 0 bridgehead atoms. The first-order chi connectivity index (χ1) is 8.08. The van der Waals surface area contributed by atoms with Crippen LogP contribution in [0.1, 0.15) is 0 Å². The van der Waals surface area contributed by atoms with Crippen LogP contribution in [-0.2, 0) is 0 Å². The highest BCUT2D eigenvalue weighted by Gasteiger charge is 2.12. The molecule has 17 heavy (non-hydrogen) atoms. The summed E-state index contributed by atoms with van der Waals surface area (Å²) in [6.07, 6.45) is 2.90. The number of nitrogen functional groups attached to an aromatic ring is 1. The predicted molar refractivity (Wildman–Crippen MR) is 68.0 cm³/mol. The molecule has 0 aliphatic heterocycles. The van der Waals surface area contributed by atoms with Crippen molar-refractivity contribution in [3.8, 4) is 11.6 Å². The van der Waals surface area contributed by atoms with Gasteiger partial charge < -0.3 is 10.5 Å². The molecule has 0 saturated carbocycles. The van der Waals surface area contributed by atoms with E-state index in [1.54, 1.807) is 0 Å². The fourth-order valence-corrected chi connectivity index (χ4v) is 2.03. The summed E-state index contributed by atoms with van der Waals surface area (Å²) in [4.78, 5) is 7.75. The number of anilines is 1. The number of aromatic nitrogens is 2. The van der Waals surface area contributed by atoms with E-state index in [4.69, 9.17) is 45.3 Å². The molecule has 0 unspecified atom stereocenters. The molecule has 4 nitrogen and oxygen atoms in total. The molecule has 7 heteroatoms. The third kappa shape index (κ3) is 2.72. The number of nitrogens with two attached hydrogens (primary N) is 1. The van der Waals surface area contributed by atoms with E-state index >= 15 is 0 Å². The Morgan fingerprint density at radius 2 is 1.59 bits per heavy atom. The van der Waals surface area contributed by atoms with E-state index in [0.717, 1.165) is 0 Å². The summed E-state index contributed by atoms with van der Waals surface area (Å²) in [5.74, 6) is 0.526. The minimum atomic E-state index is 0.138. The van der Waals surface area contributed by atoms with Gasteiger partial charge in [0, 0.05) is 17.4 Å². The Labute approximate surface area is 112 Å². The maximum atomic E-state index is 5.95. The highest BCUT2D eigenvalue weighted by atomic mass is 35.5. The fourth-order valence-electron chi connectivity index (χ4n) is 1.14. The molecule has 88 valence electrons. The molecule has 1 aromatic heterocycles. The number of rotatable bonds is 2. The molecule has 1 heterocycles. The summed E-state index contributed by atoms with van der Waals surface area (Å²) >= 11 is 17.7. The molecule has 2 N–H and O–H groups in total. The molecule has 0 atom stereocenters. The van der Waals surface area contributed by atoms with Crippen LogP contribution in [0.15, 0.2) is 24.5 Å². The van der Waals surface area contributed by atoms with Crippen molar-refractivity contribution in [3.63, 3.8) is 0 Å². The summed E-state index contributed by atoms with van der Waals surface area (Å²) < 4.78 is 5.40. The highest BCUT2D eigenvalue weighted by Crippen LogP contribution is 2.38. The topological polar surface area (TPSA) is 61.0 Å². The van der Waals surface area contributed by atoms with E-state index < -0.39 is 0 Å². The van der Waals surface area contributed by atoms with Gasteiger partial charge in [0.2, 0.25) is 0 Å². The Hall–Kier alpha value is -1.23. The molecule has 0 aliphatic rings. The maximum absolute atomic E-state index is 5.95. The second-order valence-electron chi connectivity index (χ2n) is 3.05. The van der Waals surface area contributed by atoms with Crippen LogP contribution < -0.4 is 10.5 Å². The number of hydrogen-bond donors (Lipinski definition) is 1. The van der Waals surface area contributed by atoms with Crippen LogP contribution in [0.3, 0.4) is 0 Å². The molecule has 1 aromatic carbocycles. The molecule has 0 saturated heterocycles. The van der Waals surface area contributed by atoms with E-state index in [-0.39, 0.29) is 27.5 Å². The van der Waals surface area contributed by atoms with Gasteiger partial charge in [-0.25, -0.2) is 9.97 Å². The fraction of sp³-hybridized carbons (Fsp3) is 0. The second-order valence-corrected chi connectivity index (χ2v) is 4.30. The van der Waals surface area contributed by atoms with Crippen LogP contribution in [0.4, 0.5) is 5.82 Å². The van der Waals surface area contributed by atoms with Crippen LogP contribution in [0.5, 0.6) is 11.6 Å². The minimum absolute atomic E-state index is 0.138. The van der Waals surface area contributed by atoms with Gasteiger partial charge in [-0.15, -0.1) is 0 Å². The van der Waals surface area contributed by atoms with Gasteiger partial charge in [0.1, 0.15) is 0 Å². The summed E-state index contributed by atoms with van der Waals surface area (Å²) in [6.45, 7) is 0. The van der Waals surface area contributed by atoms with Gasteiger partial charge in [-0.3, -0.25) is 0 Å². The van der Waals surface area contributed by atoms with Crippen LogP contribution >= 0.6 is 34.8 Å². The van der Waals surface area contributed by atoms with Gasteiger partial charge in [0.25, 0.3) is 5.88 Å². The highest BCUT2D eigenvalue weighted by molar-refractivity contribution is 6.40. The molecule has 0 fully saturated rings. The summed E-state index contributed by atoms with van der Waals surface area (Å²) in [5.41, 5.74) is 5.59. The summed E-state index contributed by atoms with van der Waals surface area (Å²) in [6, 6.07) is 3.02. The lowest BCUT2D eigenvalue weighted by Gasteiger charge is -2.09. The Bertz CT molecular complexity index is 539. The molecule has 0 radical (unpaired) electrons. The normalized spacial score (nSPS) is 10.3. The van der Waals surface area contributed by atoms with E-state index in [1.165, 1.54) is 24.5 Å². The Kier molecular flexibility index (Phi) is 3.57. The Morgan fingerprint density at radius 1 is 1.00 bits per heavy atom. The molecule has 0 spiro atoms. The zero-order valence-corrected chi connectivity index (χ0v) is 10.6. The standard InChI is InChI=1S/C10H6Cl3N3O/c11-5-3-6(12)8(7(13)4-5)17-10-9(14)15-1-2-16-10/h1-4H,(H2,14,15). The Balaban J connectivity index is 2.40. The molecule has 0 amide bonds. The third-order valence-electron chi connectivity index (χ3n) is 1.85. The lowest BCUT2D eigenvalue weighted by Crippen LogP contribution is -1.97. The SMILES string of the molecule is Nc1nccnc1Oc1c(Cl)cc(Cl)cc1Cl. The van der Waals surface area contributed by atoms with Crippen molar-refractivity contribution in [2.75, 3.05) is 5.73 Å². The maximum Gasteiger partial charge on any atom is 0.262 e. The van der Waals surface area contributed by atoms with Gasteiger partial charge in [-0.05, 0) is 12.1 Å². The van der Waals surface area contributed by atoms with Crippen molar-refractivity contribution in [2.45, 2.75) is 0 Å². The van der Waals surface area contributed by atoms with E-state index in [0.29, 0.717) is 5.02 Å². The van der Waals surface area contributed by atoms with Gasteiger partial charge in [-0.1, -0.05) is 34.8 Å². The van der Waals surface area contributed by atoms with Crippen molar-refractivity contribution in [1.29, 1.82) is 0 Å². The van der Waals surface area contributed by atoms with Gasteiger partial charge in [0.15, 0.2) is 11.6 Å². The number of halogens is 3. The number of ether oxygens (including phenoxy) is 1. The number of nitrogens with zero attached hydrogens (tertiary/aromatic N) is 2. The smallest absolute Gasteiger partial charge is 0.262 e. The minimum Gasteiger partial charge on any atom is -0.433 e. The number of benzene rings is 1. The zero-order chi connectivity index (χ0) is 12.4. The van der Waals surface area contributed by atoms with Crippen molar-refractivity contribution in [1.82, 2.24) is 9.97 Å². The van der Waals surface area contributed by atoms with Crippen molar-refractivity contribution in [2.24, 2.45) is 0 Å². The van der Waals surface area contributed by atoms with Crippen molar-refractivity contribution in [3.05, 3.63) is 39.6 Å². The quantitative estimate of drug-likeness (QED) is 0.913. The average molecular weight is 291 g/mol. The van der Waals surface area contributed by atoms with Gasteiger partial charge >= 0.3 is 0 Å². The first-order valence-corrected chi connectivity index (χ1v) is 5.60. The molecular weight excluding hydrogens is 284 g/mol. The molecular formula is C10H6Cl3N3O. The van der Waals surface area contributed by atoms with Crippen molar-refractivity contribution < 1.29 is 4.74 Å². The van der Waals surface area contributed by atoms with Crippen LogP contribution in [-0.4, -0.2) is 9.97 Å². The lowest BCUT2D eigenvalue weighted by molar-refractivity contribution is 0.464. The Morgan fingerprint density at radius 3 is 2.18 bits per heavy atom. The van der Waals surface area contributed by atoms with Crippen LogP contribution in [0.25, 0.3) is 0 Å². The van der Waals surface area contributed by atoms with E-state index in [2.05, 4.69) is 9.97 Å². The van der Waals surface area contributed by atoms with E-state index in [1.807, 2.05) is 0 Å². The van der Waals surface area contributed by atoms with Crippen LogP contribution in [0.2, 0.25) is 15.1 Å². The average Bonchev–Trinajstić information content (AvgIpc) is 2.25. The number of hydrogen-bond acceptors (Lipinski definition) is 4. The largest absolute Gasteiger partial charge is 0.433 e. The predicted octanol–water partition coefficient (Wildman–Crippen LogP) is 3.81. The van der Waals surface area contributed by atoms with Gasteiger partial charge in [0.05, 0.1) is 10.0 Å². The first-order valence-electron chi connectivity index (χ1n) is 4.47. The van der Waals surface area contributed by atoms with Crippen LogP contribution in [0, 0.1) is 0 Å². The summed E-state index contributed by atoms with van der Waals surface area (Å²) in [7, 11) is 0. The third-order valence-corrected chi connectivity index (χ3v) is 2.63. The lowest BCUT2D eigenvalue weighted by atomic mass is 10.3. The van der Waals surface area contributed by atoms with Crippen molar-refractivity contribution >= 4 is 40.6 Å². The molecule has 0 aliphatic carbocycles. The molecule has 2 aromatic rings. The van der Waals surface area contributed by atoms with Gasteiger partial charge in [-0.2, -0.15) is 0 Å². The molecule has 2 rings (SSSR count). The van der Waals surface area contributed by atoms with E-state index in [9.17, 15) is 0 Å². The monoisotopic (exact) mass is 289 g/mol. The summed E-state index contributed by atoms with van der Waals surface area (Å²) in [5, 5.41) is 0.958. The second kappa shape index (κ2) is 4.96. The first kappa shape index (κ1) is 12.2. The zero-order valence-electron chi connectivity index (χ0n) is 8.32.